The fraction of sp³-hybridized carbons (Fsp3) is 0.227. The highest BCUT2D eigenvalue weighted by Gasteiger charge is 2.34. The van der Waals surface area contributed by atoms with E-state index in [2.05, 4.69) is 25.3 Å². The van der Waals surface area contributed by atoms with Crippen LogP contribution in [0.4, 0.5) is 11.6 Å². The second-order valence-corrected chi connectivity index (χ2v) is 11.6. The zero-order valence-corrected chi connectivity index (χ0v) is 21.5. The number of alkyl halides is 3. The van der Waals surface area contributed by atoms with Gasteiger partial charge in [0.15, 0.2) is 0 Å². The van der Waals surface area contributed by atoms with Gasteiger partial charge in [0.2, 0.25) is 9.74 Å². The second kappa shape index (κ2) is 10.4. The topological polar surface area (TPSA) is 113 Å². The minimum Gasteiger partial charge on any atom is -0.362 e. The van der Waals surface area contributed by atoms with E-state index in [1.165, 1.54) is 24.3 Å². The van der Waals surface area contributed by atoms with Gasteiger partial charge in [0.25, 0.3) is 15.9 Å². The van der Waals surface area contributed by atoms with Gasteiger partial charge in [-0.05, 0) is 63.2 Å². The number of hydrogen-bond acceptors (Lipinski definition) is 6. The minimum absolute atomic E-state index is 0.0186. The van der Waals surface area contributed by atoms with E-state index in [1.54, 1.807) is 44.2 Å². The van der Waals surface area contributed by atoms with E-state index in [1.807, 2.05) is 6.92 Å². The molecular weight excluding hydrogens is 521 g/mol. The van der Waals surface area contributed by atoms with Gasteiger partial charge in [-0.3, -0.25) is 4.79 Å². The number of hydrogen-bond donors (Lipinski definition) is 3. The number of anilines is 2. The van der Waals surface area contributed by atoms with Crippen LogP contribution in [0.5, 0.6) is 0 Å². The quantitative estimate of drug-likeness (QED) is 0.294. The van der Waals surface area contributed by atoms with Gasteiger partial charge < -0.3 is 10.6 Å². The highest BCUT2D eigenvalue weighted by molar-refractivity contribution is 7.92. The molecule has 0 radical (unpaired) electrons. The number of nitrogens with one attached hydrogen (secondary N) is 3. The molecule has 0 fully saturated rings. The van der Waals surface area contributed by atoms with Gasteiger partial charge in [-0.1, -0.05) is 52.5 Å². The van der Waals surface area contributed by atoms with Crippen molar-refractivity contribution in [2.24, 2.45) is 0 Å². The van der Waals surface area contributed by atoms with Crippen molar-refractivity contribution in [3.8, 4) is 0 Å². The first kappa shape index (κ1) is 26.0. The van der Waals surface area contributed by atoms with Gasteiger partial charge in [0, 0.05) is 22.6 Å². The van der Waals surface area contributed by atoms with Crippen LogP contribution in [-0.2, 0) is 10.0 Å². The zero-order valence-electron chi connectivity index (χ0n) is 18.4. The Morgan fingerprint density at radius 2 is 1.47 bits per heavy atom. The average Bonchev–Trinajstić information content (AvgIpc) is 2.72. The summed E-state index contributed by atoms with van der Waals surface area (Å²) >= 11 is 18.2. The second-order valence-electron chi connectivity index (χ2n) is 7.56. The molecule has 0 saturated carbocycles. The molecule has 0 bridgehead atoms. The Balaban J connectivity index is 1.74. The fourth-order valence-corrected chi connectivity index (χ4v) is 4.24. The summed E-state index contributed by atoms with van der Waals surface area (Å²) in [6, 6.07) is 14.3. The fourth-order valence-electron chi connectivity index (χ4n) is 2.97. The van der Waals surface area contributed by atoms with Crippen molar-refractivity contribution in [1.29, 1.82) is 0 Å². The monoisotopic (exact) mass is 541 g/mol. The van der Waals surface area contributed by atoms with Crippen LogP contribution < -0.4 is 15.4 Å². The standard InChI is InChI=1S/C22H22Cl3N5O3S/c1-13-4-6-16(7-5-13)19(31)29-20(22(23,24)25)28-17-8-10-18(11-9-17)34(32,33)30-21-26-14(2)12-15(3)27-21/h4-12,20,28H,1-3H3,(H,29,31)(H,26,27,30)/t20-/m1/s1. The number of nitrogens with zero attached hydrogens (tertiary/aromatic N) is 2. The van der Waals surface area contributed by atoms with E-state index in [0.717, 1.165) is 5.56 Å². The van der Waals surface area contributed by atoms with Crippen LogP contribution in [0.2, 0.25) is 0 Å². The molecule has 3 rings (SSSR count). The SMILES string of the molecule is Cc1ccc(C(=O)N[C@@H](Nc2ccc(S(=O)(=O)Nc3nc(C)cc(C)n3)cc2)C(Cl)(Cl)Cl)cc1. The Hall–Kier alpha value is -2.59. The van der Waals surface area contributed by atoms with Gasteiger partial charge in [-0.25, -0.2) is 23.1 Å². The first-order valence-electron chi connectivity index (χ1n) is 9.99. The molecule has 180 valence electrons. The molecular formula is C22H22Cl3N5O3S. The van der Waals surface area contributed by atoms with Crippen molar-refractivity contribution < 1.29 is 13.2 Å². The highest BCUT2D eigenvalue weighted by atomic mass is 35.6. The molecule has 3 N–H and O–H groups in total. The number of aryl methyl sites for hydroxylation is 3. The third kappa shape index (κ3) is 6.96. The maximum atomic E-state index is 12.7. The normalized spacial score (nSPS) is 12.6. The Kier molecular flexibility index (Phi) is 7.92. The summed E-state index contributed by atoms with van der Waals surface area (Å²) in [5.41, 5.74) is 3.08. The predicted molar refractivity (Wildman–Crippen MR) is 135 cm³/mol. The van der Waals surface area contributed by atoms with Gasteiger partial charge >= 0.3 is 0 Å². The van der Waals surface area contributed by atoms with Crippen LogP contribution >= 0.6 is 34.8 Å². The van der Waals surface area contributed by atoms with Crippen LogP contribution in [0.15, 0.2) is 59.5 Å². The number of aromatic nitrogens is 2. The minimum atomic E-state index is -3.93. The zero-order chi connectivity index (χ0) is 25.1. The molecule has 0 spiro atoms. The number of amides is 1. The first-order chi connectivity index (χ1) is 15.8. The number of carbonyl (C=O) groups is 1. The molecule has 1 heterocycles. The number of rotatable bonds is 7. The van der Waals surface area contributed by atoms with Crippen LogP contribution in [0.25, 0.3) is 0 Å². The maximum absolute atomic E-state index is 12.7. The molecule has 8 nitrogen and oxygen atoms in total. The lowest BCUT2D eigenvalue weighted by Gasteiger charge is -2.27. The molecule has 0 aliphatic rings. The first-order valence-corrected chi connectivity index (χ1v) is 12.6. The van der Waals surface area contributed by atoms with Crippen LogP contribution in [0, 0.1) is 20.8 Å². The summed E-state index contributed by atoms with van der Waals surface area (Å²) in [6.45, 7) is 5.39. The van der Waals surface area contributed by atoms with E-state index in [0.29, 0.717) is 22.6 Å². The van der Waals surface area contributed by atoms with Gasteiger partial charge in [-0.2, -0.15) is 0 Å². The molecule has 3 aromatic rings. The predicted octanol–water partition coefficient (Wildman–Crippen LogP) is 4.74. The van der Waals surface area contributed by atoms with E-state index >= 15 is 0 Å². The lowest BCUT2D eigenvalue weighted by Crippen LogP contribution is -2.49. The molecule has 0 unspecified atom stereocenters. The van der Waals surface area contributed by atoms with Crippen LogP contribution in [0.1, 0.15) is 27.3 Å². The average molecular weight is 543 g/mol. The van der Waals surface area contributed by atoms with Crippen molar-refractivity contribution in [3.63, 3.8) is 0 Å². The number of carbonyl (C=O) groups excluding carboxylic acids is 1. The van der Waals surface area contributed by atoms with Crippen molar-refractivity contribution in [2.45, 2.75) is 35.6 Å². The van der Waals surface area contributed by atoms with E-state index in [-0.39, 0.29) is 10.8 Å². The molecule has 1 atom stereocenters. The molecule has 1 amide bonds. The maximum Gasteiger partial charge on any atom is 0.264 e. The van der Waals surface area contributed by atoms with Gasteiger partial charge in [0.1, 0.15) is 6.17 Å². The van der Waals surface area contributed by atoms with Crippen molar-refractivity contribution in [2.75, 3.05) is 10.0 Å². The summed E-state index contributed by atoms with van der Waals surface area (Å²) in [4.78, 5) is 20.7. The number of benzene rings is 2. The van der Waals surface area contributed by atoms with Gasteiger partial charge in [0.05, 0.1) is 4.90 Å². The van der Waals surface area contributed by atoms with E-state index in [4.69, 9.17) is 34.8 Å². The smallest absolute Gasteiger partial charge is 0.264 e. The summed E-state index contributed by atoms with van der Waals surface area (Å²) in [6.07, 6.45) is -1.10. The van der Waals surface area contributed by atoms with Crippen molar-refractivity contribution in [1.82, 2.24) is 15.3 Å². The van der Waals surface area contributed by atoms with E-state index in [9.17, 15) is 13.2 Å². The van der Waals surface area contributed by atoms with Gasteiger partial charge in [-0.15, -0.1) is 0 Å². The Labute approximate surface area is 213 Å². The summed E-state index contributed by atoms with van der Waals surface area (Å²) in [7, 11) is -3.93. The molecule has 0 aliphatic carbocycles. The third-order valence-electron chi connectivity index (χ3n) is 4.60. The summed E-state index contributed by atoms with van der Waals surface area (Å²) in [5, 5.41) is 5.54. The van der Waals surface area contributed by atoms with Crippen LogP contribution in [-0.4, -0.2) is 34.3 Å². The lowest BCUT2D eigenvalue weighted by atomic mass is 10.1. The Bertz CT molecular complexity index is 1260. The molecule has 0 saturated heterocycles. The van der Waals surface area contributed by atoms with Crippen LogP contribution in [0.3, 0.4) is 0 Å². The summed E-state index contributed by atoms with van der Waals surface area (Å²) in [5.74, 6) is -0.463. The molecule has 12 heteroatoms. The van der Waals surface area contributed by atoms with Crippen molar-refractivity contribution in [3.05, 3.63) is 77.1 Å². The van der Waals surface area contributed by atoms with Crippen molar-refractivity contribution >= 4 is 62.4 Å². The third-order valence-corrected chi connectivity index (χ3v) is 6.60. The molecule has 34 heavy (non-hydrogen) atoms. The highest BCUT2D eigenvalue weighted by Crippen LogP contribution is 2.31. The number of sulfonamides is 1. The number of halogens is 3. The lowest BCUT2D eigenvalue weighted by molar-refractivity contribution is 0.0942. The summed E-state index contributed by atoms with van der Waals surface area (Å²) < 4.78 is 25.9. The Morgan fingerprint density at radius 1 is 0.912 bits per heavy atom. The largest absolute Gasteiger partial charge is 0.362 e. The molecule has 0 aliphatic heterocycles. The molecule has 2 aromatic carbocycles. The molecule has 1 aromatic heterocycles. The van der Waals surface area contributed by atoms with E-state index < -0.39 is 25.9 Å². The Morgan fingerprint density at radius 3 is 2.00 bits per heavy atom.